The molecule has 4 amide bonds. The van der Waals surface area contributed by atoms with E-state index in [4.69, 9.17) is 9.47 Å². The van der Waals surface area contributed by atoms with Crippen LogP contribution in [0.25, 0.3) is 0 Å². The monoisotopic (exact) mass is 1080 g/mol. The summed E-state index contributed by atoms with van der Waals surface area (Å²) in [6.45, 7) is 10.4. The van der Waals surface area contributed by atoms with Crippen molar-refractivity contribution in [3.8, 4) is 11.5 Å². The second kappa shape index (κ2) is 26.5. The highest BCUT2D eigenvalue weighted by atomic mass is 32.1. The van der Waals surface area contributed by atoms with Gasteiger partial charge in [0.15, 0.2) is 0 Å². The summed E-state index contributed by atoms with van der Waals surface area (Å²) in [4.78, 5) is 41.3. The van der Waals surface area contributed by atoms with Crippen LogP contribution in [0.3, 0.4) is 0 Å². The maximum absolute atomic E-state index is 13.1. The predicted molar refractivity (Wildman–Crippen MR) is 293 cm³/mol. The molecule has 4 aromatic carbocycles. The molecule has 76 heavy (non-hydrogen) atoms. The quantitative estimate of drug-likeness (QED) is 0.0210. The Morgan fingerprint density at radius 3 is 1.17 bits per heavy atom. The Labute approximate surface area is 446 Å². The van der Waals surface area contributed by atoms with Gasteiger partial charge in [0.25, 0.3) is 0 Å². The van der Waals surface area contributed by atoms with Crippen molar-refractivity contribution in [3.05, 3.63) is 72.8 Å². The number of carbonyl (C=O) groups is 3. The summed E-state index contributed by atoms with van der Waals surface area (Å²) in [7, 11) is 6.41. The highest BCUT2D eigenvalue weighted by Crippen LogP contribution is 2.41. The summed E-state index contributed by atoms with van der Waals surface area (Å²) >= 11 is 2.44. The van der Waals surface area contributed by atoms with Gasteiger partial charge in [-0.15, -0.1) is 9.36 Å². The van der Waals surface area contributed by atoms with Crippen LogP contribution in [0.15, 0.2) is 93.3 Å². The van der Waals surface area contributed by atoms with Crippen molar-refractivity contribution in [2.45, 2.75) is 66.0 Å². The number of aliphatic hydroxyl groups is 4. The van der Waals surface area contributed by atoms with Gasteiger partial charge in [-0.1, -0.05) is 10.2 Å². The summed E-state index contributed by atoms with van der Waals surface area (Å²) in [5, 5.41) is 86.6. The molecule has 0 radical (unpaired) electrons. The number of hydrogen-bond acceptors (Lipinski definition) is 21. The molecule has 0 saturated carbocycles. The van der Waals surface area contributed by atoms with E-state index >= 15 is 0 Å². The molecule has 0 aliphatic rings. The third-order valence-electron chi connectivity index (χ3n) is 10.5. The zero-order valence-electron chi connectivity index (χ0n) is 43.7. The molecule has 0 aliphatic heterocycles. The van der Waals surface area contributed by atoms with E-state index in [1.54, 1.807) is 124 Å². The Kier molecular flexibility index (Phi) is 20.0. The molecule has 4 unspecified atom stereocenters. The maximum atomic E-state index is 13.1. The topological polar surface area (TPSA) is 312 Å². The zero-order valence-corrected chi connectivity index (χ0v) is 45.3. The van der Waals surface area contributed by atoms with Gasteiger partial charge in [0.1, 0.15) is 37.0 Å². The number of aliphatic hydroxyl groups excluding tert-OH is 4. The summed E-state index contributed by atoms with van der Waals surface area (Å²) in [5.41, 5.74) is 4.64. The summed E-state index contributed by atoms with van der Waals surface area (Å²) in [5.74, 6) is 0.132. The third-order valence-corrected chi connectivity index (χ3v) is 12.6. The van der Waals surface area contributed by atoms with E-state index in [9.17, 15) is 34.8 Å². The molecule has 2 heterocycles. The van der Waals surface area contributed by atoms with Crippen LogP contribution < -0.4 is 60.5 Å². The minimum absolute atomic E-state index is 0.259. The average Bonchev–Trinajstić information content (AvgIpc) is 3.91. The molecule has 4 atom stereocenters. The first-order valence-electron chi connectivity index (χ1n) is 23.8. The van der Waals surface area contributed by atoms with Crippen molar-refractivity contribution < 1.29 is 53.6 Å². The standard InChI is InChI=1S/C49H62N16O9S2/c1-27(66)23-64(24-28(2)67)48-60-62(7)46(75-48)58-56-39-21-43(73-9)41(19-37(39)50-31(5)70)52-33-11-15-35(16-12-33)54-45(72)55-36-17-13-34(14-18-36)53-42-20-38(51-32(6)71)40(22-44(42)74-10)57-59-47-63(8)61-49(76-47)65(25-29(3)68)26-30(4)69/h11-22,27-30,66-69H,23-26H2,1-10H3,(H4,50,51,52,53,54,55,56,57,70,71,72)/p+2. The maximum Gasteiger partial charge on any atom is 0.431 e. The van der Waals surface area contributed by atoms with Crippen molar-refractivity contribution in [2.24, 2.45) is 34.6 Å². The lowest BCUT2D eigenvalue weighted by molar-refractivity contribution is -0.712. The molecule has 0 aliphatic carbocycles. The third kappa shape index (κ3) is 16.5. The number of rotatable bonds is 24. The van der Waals surface area contributed by atoms with Crippen LogP contribution in [-0.2, 0) is 23.7 Å². The van der Waals surface area contributed by atoms with E-state index in [2.05, 4.69) is 62.6 Å². The number of nitrogens with one attached hydrogen (secondary N) is 6. The van der Waals surface area contributed by atoms with Gasteiger partial charge in [-0.05, 0) is 121 Å². The van der Waals surface area contributed by atoms with Gasteiger partial charge < -0.3 is 71.6 Å². The van der Waals surface area contributed by atoms with Crippen LogP contribution >= 0.6 is 22.7 Å². The molecule has 25 nitrogen and oxygen atoms in total. The molecule has 6 rings (SSSR count). The number of ether oxygens (including phenoxy) is 2. The van der Waals surface area contributed by atoms with Crippen molar-refractivity contribution in [1.82, 2.24) is 10.2 Å². The van der Waals surface area contributed by atoms with Gasteiger partial charge in [-0.2, -0.15) is 0 Å². The minimum atomic E-state index is -0.658. The number of hydrogen-bond donors (Lipinski definition) is 10. The van der Waals surface area contributed by atoms with E-state index in [1.165, 1.54) is 60.1 Å². The Bertz CT molecular complexity index is 2800. The predicted octanol–water partition coefficient (Wildman–Crippen LogP) is 7.28. The van der Waals surface area contributed by atoms with E-state index < -0.39 is 30.4 Å². The minimum Gasteiger partial charge on any atom is -0.494 e. The van der Waals surface area contributed by atoms with Crippen LogP contribution in [0.1, 0.15) is 41.5 Å². The van der Waals surface area contributed by atoms with E-state index in [0.29, 0.717) is 88.9 Å². The number of nitrogens with zero attached hydrogens (tertiary/aromatic N) is 10. The van der Waals surface area contributed by atoms with Crippen LogP contribution in [0.4, 0.5) is 82.2 Å². The molecular weight excluding hydrogens is 1020 g/mol. The van der Waals surface area contributed by atoms with Crippen LogP contribution in [0, 0.1) is 0 Å². The zero-order chi connectivity index (χ0) is 55.2. The van der Waals surface area contributed by atoms with Gasteiger partial charge in [-0.25, -0.2) is 4.79 Å². The van der Waals surface area contributed by atoms with Gasteiger partial charge in [-0.3, -0.25) is 9.59 Å². The molecule has 10 N–H and O–H groups in total. The molecule has 0 saturated heterocycles. The Morgan fingerprint density at radius 1 is 0.539 bits per heavy atom. The number of benzene rings is 4. The lowest BCUT2D eigenvalue weighted by Crippen LogP contribution is -2.38. The summed E-state index contributed by atoms with van der Waals surface area (Å²) in [6.07, 6.45) is -2.63. The first-order valence-corrected chi connectivity index (χ1v) is 25.4. The van der Waals surface area contributed by atoms with E-state index in [-0.39, 0.29) is 38.0 Å². The first-order chi connectivity index (χ1) is 36.2. The van der Waals surface area contributed by atoms with Gasteiger partial charge in [0.05, 0.1) is 71.6 Å². The number of urea groups is 1. The Balaban J connectivity index is 1.10. The Hall–Kier alpha value is -7.95. The molecule has 0 fully saturated rings. The number of carbonyl (C=O) groups excluding carboxylic acids is 3. The second-order valence-electron chi connectivity index (χ2n) is 17.7. The highest BCUT2D eigenvalue weighted by molar-refractivity contribution is 7.18. The number of azo groups is 2. The molecular formula is C49H64N16O9S2+2. The molecule has 404 valence electrons. The fourth-order valence-electron chi connectivity index (χ4n) is 7.33. The smallest absolute Gasteiger partial charge is 0.431 e. The first kappa shape index (κ1) is 57.3. The van der Waals surface area contributed by atoms with Gasteiger partial charge in [0.2, 0.25) is 22.1 Å². The van der Waals surface area contributed by atoms with Gasteiger partial charge in [0, 0.05) is 74.9 Å². The average molecular weight is 1090 g/mol. The van der Waals surface area contributed by atoms with Crippen molar-refractivity contribution in [3.63, 3.8) is 0 Å². The highest BCUT2D eigenvalue weighted by Gasteiger charge is 2.26. The van der Waals surface area contributed by atoms with Crippen LogP contribution in [0.5, 0.6) is 11.5 Å². The van der Waals surface area contributed by atoms with Crippen LogP contribution in [0.2, 0.25) is 0 Å². The molecule has 27 heteroatoms. The van der Waals surface area contributed by atoms with E-state index in [0.717, 1.165) is 0 Å². The number of amides is 4. The Morgan fingerprint density at radius 2 is 0.868 bits per heavy atom. The van der Waals surface area contributed by atoms with Crippen molar-refractivity contribution in [2.75, 3.05) is 82.1 Å². The van der Waals surface area contributed by atoms with Gasteiger partial charge >= 0.3 is 16.3 Å². The molecule has 0 bridgehead atoms. The fraction of sp³-hybridized carbons (Fsp3) is 0.367. The van der Waals surface area contributed by atoms with Crippen molar-refractivity contribution >= 4 is 118 Å². The van der Waals surface area contributed by atoms with Crippen LogP contribution in [-0.4, -0.2) is 113 Å². The van der Waals surface area contributed by atoms with E-state index in [1.807, 2.05) is 0 Å². The number of methoxy groups -OCH3 is 2. The number of anilines is 10. The lowest BCUT2D eigenvalue weighted by Gasteiger charge is -2.23. The van der Waals surface area contributed by atoms with Crippen molar-refractivity contribution in [1.29, 1.82) is 0 Å². The molecule has 2 aromatic heterocycles. The molecule has 6 aromatic rings. The normalized spacial score (nSPS) is 12.9. The number of aromatic nitrogens is 4. The summed E-state index contributed by atoms with van der Waals surface area (Å²) < 4.78 is 14.5. The largest absolute Gasteiger partial charge is 0.494 e. The molecule has 0 spiro atoms. The number of aryl methyl sites for hydroxylation is 2. The second-order valence-corrected chi connectivity index (χ2v) is 19.5. The lowest BCUT2D eigenvalue weighted by atomic mass is 10.2. The SMILES string of the molecule is COc1cc(N=Nc2sc(N(CC(C)O)CC(C)O)n[n+]2C)c(NC(C)=O)cc1Nc1ccc(NC(=O)Nc2ccc(Nc3cc(NC(C)=O)c(N=Nc4sc(N(CC(C)O)CC(C)O)n[n+]4C)cc3OC)cc2)cc1. The summed E-state index contributed by atoms with van der Waals surface area (Å²) in [6, 6.07) is 20.0. The fourth-order valence-corrected chi connectivity index (χ4v) is 9.05.